The van der Waals surface area contributed by atoms with Gasteiger partial charge >= 0.3 is 5.97 Å². The molecule has 0 spiro atoms. The molecule has 0 fully saturated rings. The first-order valence-electron chi connectivity index (χ1n) is 4.77. The van der Waals surface area contributed by atoms with Crippen LogP contribution in [0.2, 0.25) is 0 Å². The average Bonchev–Trinajstić information content (AvgIpc) is 2.36. The first-order chi connectivity index (χ1) is 8.15. The highest BCUT2D eigenvalue weighted by Gasteiger charge is 2.32. The molecule has 4 nitrogen and oxygen atoms in total. The van der Waals surface area contributed by atoms with E-state index in [2.05, 4.69) is 4.74 Å². The second-order valence-electron chi connectivity index (χ2n) is 3.26. The molecule has 0 aromatic heterocycles. The van der Waals surface area contributed by atoms with E-state index < -0.39 is 23.6 Å². The van der Waals surface area contributed by atoms with Crippen LogP contribution in [0.25, 0.3) is 0 Å². The van der Waals surface area contributed by atoms with Crippen LogP contribution >= 0.6 is 0 Å². The van der Waals surface area contributed by atoms with Gasteiger partial charge in [-0.05, 0) is 6.07 Å². The third kappa shape index (κ3) is 2.59. The smallest absolute Gasteiger partial charge is 0.324 e. The van der Waals surface area contributed by atoms with Crippen molar-refractivity contribution in [3.05, 3.63) is 35.6 Å². The molecule has 1 aromatic rings. The van der Waals surface area contributed by atoms with E-state index in [4.69, 9.17) is 10.5 Å². The van der Waals surface area contributed by atoms with Crippen molar-refractivity contribution < 1.29 is 13.9 Å². The first-order valence-corrected chi connectivity index (χ1v) is 4.77. The lowest BCUT2D eigenvalue weighted by Gasteiger charge is -2.14. The van der Waals surface area contributed by atoms with E-state index in [1.165, 1.54) is 24.3 Å². The van der Waals surface area contributed by atoms with E-state index in [9.17, 15) is 9.18 Å². The minimum atomic E-state index is -1.33. The van der Waals surface area contributed by atoms with Crippen LogP contribution in [0, 0.1) is 34.4 Å². The first kappa shape index (κ1) is 12.7. The molecule has 0 saturated carbocycles. The van der Waals surface area contributed by atoms with Crippen LogP contribution < -0.4 is 0 Å². The molecule has 0 aliphatic heterocycles. The van der Waals surface area contributed by atoms with E-state index in [-0.39, 0.29) is 5.56 Å². The third-order valence-electron chi connectivity index (χ3n) is 2.31. The van der Waals surface area contributed by atoms with Crippen molar-refractivity contribution in [1.29, 1.82) is 10.5 Å². The van der Waals surface area contributed by atoms with Gasteiger partial charge in [-0.2, -0.15) is 10.5 Å². The van der Waals surface area contributed by atoms with E-state index in [1.807, 2.05) is 0 Å². The fourth-order valence-electron chi connectivity index (χ4n) is 1.44. The second-order valence-corrected chi connectivity index (χ2v) is 3.26. The molecular weight excluding hydrogens is 223 g/mol. The maximum absolute atomic E-state index is 13.5. The molecule has 0 amide bonds. The number of benzene rings is 1. The molecule has 0 saturated heterocycles. The Morgan fingerprint density at radius 1 is 1.35 bits per heavy atom. The number of hydrogen-bond donors (Lipinski definition) is 0. The van der Waals surface area contributed by atoms with Gasteiger partial charge in [0.2, 0.25) is 0 Å². The van der Waals surface area contributed by atoms with Crippen LogP contribution in [0.15, 0.2) is 24.3 Å². The fraction of sp³-hybridized carbons (Fsp3) is 0.250. The van der Waals surface area contributed by atoms with Gasteiger partial charge in [0.15, 0.2) is 5.92 Å². The lowest BCUT2D eigenvalue weighted by Crippen LogP contribution is -2.22. The summed E-state index contributed by atoms with van der Waals surface area (Å²) in [6, 6.07) is 8.97. The quantitative estimate of drug-likeness (QED) is 0.744. The van der Waals surface area contributed by atoms with Crippen molar-refractivity contribution in [3.8, 4) is 12.1 Å². The minimum Gasteiger partial charge on any atom is -0.468 e. The topological polar surface area (TPSA) is 73.9 Å². The van der Waals surface area contributed by atoms with Gasteiger partial charge in [-0.1, -0.05) is 18.2 Å². The van der Waals surface area contributed by atoms with Gasteiger partial charge in [0.1, 0.15) is 11.7 Å². The molecule has 5 heteroatoms. The summed E-state index contributed by atoms with van der Waals surface area (Å²) in [4.78, 5) is 11.3. The summed E-state index contributed by atoms with van der Waals surface area (Å²) in [7, 11) is 1.11. The van der Waals surface area contributed by atoms with E-state index in [1.54, 1.807) is 12.1 Å². The van der Waals surface area contributed by atoms with Crippen LogP contribution in [0.4, 0.5) is 4.39 Å². The third-order valence-corrected chi connectivity index (χ3v) is 2.31. The summed E-state index contributed by atoms with van der Waals surface area (Å²) < 4.78 is 17.9. The number of hydrogen-bond acceptors (Lipinski definition) is 4. The number of ether oxygens (including phenoxy) is 1. The van der Waals surface area contributed by atoms with Crippen LogP contribution in [-0.2, 0) is 9.53 Å². The van der Waals surface area contributed by atoms with Crippen molar-refractivity contribution in [2.24, 2.45) is 5.92 Å². The average molecular weight is 232 g/mol. The molecule has 0 bridgehead atoms. The normalized spacial score (nSPS) is 12.9. The highest BCUT2D eigenvalue weighted by Crippen LogP contribution is 2.26. The monoisotopic (exact) mass is 232 g/mol. The molecule has 0 radical (unpaired) electrons. The Labute approximate surface area is 97.8 Å². The maximum atomic E-state index is 13.5. The van der Waals surface area contributed by atoms with Crippen molar-refractivity contribution >= 4 is 5.97 Å². The van der Waals surface area contributed by atoms with Gasteiger partial charge in [0, 0.05) is 5.56 Å². The number of carbonyl (C=O) groups excluding carboxylic acids is 1. The summed E-state index contributed by atoms with van der Waals surface area (Å²) >= 11 is 0. The molecule has 0 aliphatic carbocycles. The molecule has 17 heavy (non-hydrogen) atoms. The van der Waals surface area contributed by atoms with Crippen LogP contribution in [-0.4, -0.2) is 13.1 Å². The summed E-state index contributed by atoms with van der Waals surface area (Å²) in [5.41, 5.74) is 0.0203. The Hall–Kier alpha value is -2.40. The highest BCUT2D eigenvalue weighted by molar-refractivity contribution is 5.77. The largest absolute Gasteiger partial charge is 0.468 e. The van der Waals surface area contributed by atoms with E-state index >= 15 is 0 Å². The Morgan fingerprint density at radius 2 is 2.00 bits per heavy atom. The minimum absolute atomic E-state index is 0.0203. The van der Waals surface area contributed by atoms with Gasteiger partial charge in [-0.25, -0.2) is 4.39 Å². The predicted molar refractivity (Wildman–Crippen MR) is 55.9 cm³/mol. The molecule has 0 aliphatic rings. The zero-order valence-corrected chi connectivity index (χ0v) is 9.05. The number of halogens is 1. The molecule has 1 rings (SSSR count). The summed E-state index contributed by atoms with van der Waals surface area (Å²) in [5.74, 6) is -3.97. The van der Waals surface area contributed by atoms with Crippen molar-refractivity contribution in [2.75, 3.05) is 7.11 Å². The van der Waals surface area contributed by atoms with Crippen LogP contribution in [0.5, 0.6) is 0 Å². The Balaban J connectivity index is 3.17. The van der Waals surface area contributed by atoms with Gasteiger partial charge in [0.25, 0.3) is 0 Å². The fourth-order valence-corrected chi connectivity index (χ4v) is 1.44. The highest BCUT2D eigenvalue weighted by atomic mass is 19.1. The number of nitrogens with zero attached hydrogens (tertiary/aromatic N) is 2. The standard InChI is InChI=1S/C12H9FN2O2/c1-17-12(16)10(7-15)9(6-14)8-4-2-3-5-11(8)13/h2-5,9-10H,1H3/t9-,10-/m1/s1. The number of esters is 1. The Kier molecular flexibility index (Phi) is 4.19. The summed E-state index contributed by atoms with van der Waals surface area (Å²) in [6.45, 7) is 0. The molecular formula is C12H9FN2O2. The molecule has 0 unspecified atom stereocenters. The van der Waals surface area contributed by atoms with Crippen molar-refractivity contribution in [2.45, 2.75) is 5.92 Å². The van der Waals surface area contributed by atoms with Crippen LogP contribution in [0.3, 0.4) is 0 Å². The van der Waals surface area contributed by atoms with Crippen LogP contribution in [0.1, 0.15) is 11.5 Å². The molecule has 86 valence electrons. The van der Waals surface area contributed by atoms with E-state index in [0.29, 0.717) is 0 Å². The number of nitriles is 2. The second kappa shape index (κ2) is 5.62. The lowest BCUT2D eigenvalue weighted by atomic mass is 9.88. The lowest BCUT2D eigenvalue weighted by molar-refractivity contribution is -0.143. The molecule has 0 N–H and O–H groups in total. The maximum Gasteiger partial charge on any atom is 0.324 e. The zero-order valence-electron chi connectivity index (χ0n) is 9.05. The predicted octanol–water partition coefficient (Wildman–Crippen LogP) is 1.75. The van der Waals surface area contributed by atoms with Gasteiger partial charge < -0.3 is 4.74 Å². The Bertz CT molecular complexity index is 502. The molecule has 1 aromatic carbocycles. The summed E-state index contributed by atoms with van der Waals surface area (Å²) in [5, 5.41) is 17.8. The number of methoxy groups -OCH3 is 1. The van der Waals surface area contributed by atoms with Gasteiger partial charge in [-0.15, -0.1) is 0 Å². The van der Waals surface area contributed by atoms with Gasteiger partial charge in [-0.3, -0.25) is 4.79 Å². The SMILES string of the molecule is COC(=O)[C@H](C#N)[C@H](C#N)c1ccccc1F. The van der Waals surface area contributed by atoms with Crippen molar-refractivity contribution in [3.63, 3.8) is 0 Å². The number of rotatable bonds is 3. The summed E-state index contributed by atoms with van der Waals surface area (Å²) in [6.07, 6.45) is 0. The zero-order chi connectivity index (χ0) is 12.8. The van der Waals surface area contributed by atoms with Gasteiger partial charge in [0.05, 0.1) is 19.2 Å². The number of carbonyl (C=O) groups is 1. The van der Waals surface area contributed by atoms with E-state index in [0.717, 1.165) is 7.11 Å². The van der Waals surface area contributed by atoms with Crippen molar-refractivity contribution in [1.82, 2.24) is 0 Å². The molecule has 2 atom stereocenters. The molecule has 0 heterocycles. The Morgan fingerprint density at radius 3 is 2.47 bits per heavy atom.